The van der Waals surface area contributed by atoms with Gasteiger partial charge in [-0.05, 0) is 41.7 Å². The van der Waals surface area contributed by atoms with Gasteiger partial charge in [-0.3, -0.25) is 9.59 Å². The standard InChI is InChI=1S/C29H34N2O4/c1-20(2)28(29(33)30-25-16-15-24(34-4)18-26(25)35-5)31(19-23-14-10-9-11-21(23)3)27(32)17-22-12-7-6-8-13-22/h6-16,18,20,28H,17,19H2,1-5H3,(H,30,33). The zero-order chi connectivity index (χ0) is 25.4. The number of rotatable bonds is 10. The number of hydrogen-bond acceptors (Lipinski definition) is 4. The van der Waals surface area contributed by atoms with E-state index in [9.17, 15) is 9.59 Å². The zero-order valence-corrected chi connectivity index (χ0v) is 21.1. The van der Waals surface area contributed by atoms with Gasteiger partial charge in [-0.25, -0.2) is 0 Å². The molecule has 0 aliphatic carbocycles. The predicted octanol–water partition coefficient (Wildman–Crippen LogP) is 5.25. The van der Waals surface area contributed by atoms with Crippen molar-refractivity contribution in [3.8, 4) is 11.5 Å². The van der Waals surface area contributed by atoms with Crippen LogP contribution < -0.4 is 14.8 Å². The van der Waals surface area contributed by atoms with Gasteiger partial charge in [0, 0.05) is 12.6 Å². The average Bonchev–Trinajstić information content (AvgIpc) is 2.85. The van der Waals surface area contributed by atoms with Crippen LogP contribution >= 0.6 is 0 Å². The summed E-state index contributed by atoms with van der Waals surface area (Å²) in [6.07, 6.45) is 0.217. The molecule has 0 spiro atoms. The van der Waals surface area contributed by atoms with E-state index in [2.05, 4.69) is 5.32 Å². The number of aryl methyl sites for hydroxylation is 1. The molecule has 0 bridgehead atoms. The van der Waals surface area contributed by atoms with Gasteiger partial charge in [0.15, 0.2) is 0 Å². The van der Waals surface area contributed by atoms with Crippen molar-refractivity contribution in [2.24, 2.45) is 5.92 Å². The van der Waals surface area contributed by atoms with E-state index in [-0.39, 0.29) is 24.2 Å². The molecule has 3 rings (SSSR count). The third-order valence-corrected chi connectivity index (χ3v) is 6.02. The highest BCUT2D eigenvalue weighted by molar-refractivity contribution is 5.98. The van der Waals surface area contributed by atoms with Crippen molar-refractivity contribution >= 4 is 17.5 Å². The van der Waals surface area contributed by atoms with Crippen molar-refractivity contribution in [1.29, 1.82) is 0 Å². The number of nitrogens with zero attached hydrogens (tertiary/aromatic N) is 1. The molecule has 0 fully saturated rings. The molecule has 3 aromatic rings. The van der Waals surface area contributed by atoms with Gasteiger partial charge in [-0.15, -0.1) is 0 Å². The molecule has 0 saturated carbocycles. The molecule has 184 valence electrons. The summed E-state index contributed by atoms with van der Waals surface area (Å²) >= 11 is 0. The van der Waals surface area contributed by atoms with E-state index < -0.39 is 6.04 Å². The summed E-state index contributed by atoms with van der Waals surface area (Å²) in [6, 6.07) is 22.1. The molecule has 6 nitrogen and oxygen atoms in total. The van der Waals surface area contributed by atoms with Crippen molar-refractivity contribution in [3.05, 3.63) is 89.5 Å². The second-order valence-electron chi connectivity index (χ2n) is 8.85. The lowest BCUT2D eigenvalue weighted by atomic mass is 9.98. The Morgan fingerprint density at radius 2 is 1.60 bits per heavy atom. The summed E-state index contributed by atoms with van der Waals surface area (Å²) in [7, 11) is 3.11. The number of anilines is 1. The SMILES string of the molecule is COc1ccc(NC(=O)C(C(C)C)N(Cc2ccccc2C)C(=O)Cc2ccccc2)c(OC)c1. The van der Waals surface area contributed by atoms with Crippen LogP contribution in [0.4, 0.5) is 5.69 Å². The Morgan fingerprint density at radius 3 is 2.23 bits per heavy atom. The molecule has 0 aliphatic heterocycles. The van der Waals surface area contributed by atoms with Crippen molar-refractivity contribution < 1.29 is 19.1 Å². The van der Waals surface area contributed by atoms with Gasteiger partial charge < -0.3 is 19.7 Å². The van der Waals surface area contributed by atoms with E-state index in [1.54, 1.807) is 30.2 Å². The minimum absolute atomic E-state index is 0.102. The minimum atomic E-state index is -0.683. The van der Waals surface area contributed by atoms with Gasteiger partial charge in [-0.1, -0.05) is 68.4 Å². The van der Waals surface area contributed by atoms with E-state index in [1.807, 2.05) is 75.4 Å². The number of ether oxygens (including phenoxy) is 2. The quantitative estimate of drug-likeness (QED) is 0.436. The highest BCUT2D eigenvalue weighted by Crippen LogP contribution is 2.30. The zero-order valence-electron chi connectivity index (χ0n) is 21.1. The number of carbonyl (C=O) groups excluding carboxylic acids is 2. The summed E-state index contributed by atoms with van der Waals surface area (Å²) in [5, 5.41) is 2.98. The summed E-state index contributed by atoms with van der Waals surface area (Å²) in [5.74, 6) is 0.622. The molecule has 0 aliphatic rings. The fourth-order valence-corrected chi connectivity index (χ4v) is 4.10. The van der Waals surface area contributed by atoms with Crippen LogP contribution in [0.25, 0.3) is 0 Å². The topological polar surface area (TPSA) is 67.9 Å². The largest absolute Gasteiger partial charge is 0.497 e. The lowest BCUT2D eigenvalue weighted by Crippen LogP contribution is -2.50. The maximum absolute atomic E-state index is 13.7. The monoisotopic (exact) mass is 474 g/mol. The van der Waals surface area contributed by atoms with Crippen molar-refractivity contribution in [2.45, 2.75) is 39.8 Å². The van der Waals surface area contributed by atoms with Crippen LogP contribution in [0.5, 0.6) is 11.5 Å². The van der Waals surface area contributed by atoms with Crippen LogP contribution in [0.1, 0.15) is 30.5 Å². The van der Waals surface area contributed by atoms with E-state index in [1.165, 1.54) is 7.11 Å². The third-order valence-electron chi connectivity index (χ3n) is 6.02. The molecule has 0 radical (unpaired) electrons. The van der Waals surface area contributed by atoms with Crippen LogP contribution in [-0.2, 0) is 22.6 Å². The second kappa shape index (κ2) is 12.1. The Hall–Kier alpha value is -3.80. The van der Waals surface area contributed by atoms with Gasteiger partial charge in [0.25, 0.3) is 0 Å². The fourth-order valence-electron chi connectivity index (χ4n) is 4.10. The molecule has 2 amide bonds. The van der Waals surface area contributed by atoms with E-state index in [4.69, 9.17) is 9.47 Å². The first kappa shape index (κ1) is 25.8. The summed E-state index contributed by atoms with van der Waals surface area (Å²) < 4.78 is 10.7. The van der Waals surface area contributed by atoms with Crippen LogP contribution in [0.2, 0.25) is 0 Å². The van der Waals surface area contributed by atoms with Crippen molar-refractivity contribution in [3.63, 3.8) is 0 Å². The molecule has 1 unspecified atom stereocenters. The Bertz CT molecular complexity index is 1140. The minimum Gasteiger partial charge on any atom is -0.497 e. The Balaban J connectivity index is 1.94. The average molecular weight is 475 g/mol. The number of methoxy groups -OCH3 is 2. The van der Waals surface area contributed by atoms with E-state index in [0.717, 1.165) is 16.7 Å². The molecule has 0 aromatic heterocycles. The van der Waals surface area contributed by atoms with Crippen LogP contribution in [0, 0.1) is 12.8 Å². The first-order valence-electron chi connectivity index (χ1n) is 11.7. The number of carbonyl (C=O) groups is 2. The predicted molar refractivity (Wildman–Crippen MR) is 139 cm³/mol. The van der Waals surface area contributed by atoms with Crippen molar-refractivity contribution in [2.75, 3.05) is 19.5 Å². The smallest absolute Gasteiger partial charge is 0.247 e. The molecule has 1 N–H and O–H groups in total. The number of nitrogens with one attached hydrogen (secondary N) is 1. The lowest BCUT2D eigenvalue weighted by molar-refractivity contribution is -0.140. The van der Waals surface area contributed by atoms with Gasteiger partial charge in [0.1, 0.15) is 17.5 Å². The Kier molecular flexibility index (Phi) is 8.90. The molecule has 3 aromatic carbocycles. The van der Waals surface area contributed by atoms with E-state index in [0.29, 0.717) is 23.7 Å². The number of amides is 2. The molecular formula is C29H34N2O4. The first-order valence-corrected chi connectivity index (χ1v) is 11.7. The van der Waals surface area contributed by atoms with Crippen LogP contribution in [0.15, 0.2) is 72.8 Å². The summed E-state index contributed by atoms with van der Waals surface area (Å²) in [4.78, 5) is 29.0. The maximum Gasteiger partial charge on any atom is 0.247 e. The van der Waals surface area contributed by atoms with Gasteiger partial charge in [-0.2, -0.15) is 0 Å². The highest BCUT2D eigenvalue weighted by atomic mass is 16.5. The normalized spacial score (nSPS) is 11.6. The second-order valence-corrected chi connectivity index (χ2v) is 8.85. The van der Waals surface area contributed by atoms with E-state index >= 15 is 0 Å². The fraction of sp³-hybridized carbons (Fsp3) is 0.310. The summed E-state index contributed by atoms with van der Waals surface area (Å²) in [6.45, 7) is 6.27. The van der Waals surface area contributed by atoms with Gasteiger partial charge >= 0.3 is 0 Å². The lowest BCUT2D eigenvalue weighted by Gasteiger charge is -2.34. The van der Waals surface area contributed by atoms with Gasteiger partial charge in [0.2, 0.25) is 11.8 Å². The van der Waals surface area contributed by atoms with Crippen LogP contribution in [0.3, 0.4) is 0 Å². The molecule has 0 heterocycles. The Labute approximate surface area is 207 Å². The number of benzene rings is 3. The molecule has 0 saturated heterocycles. The summed E-state index contributed by atoms with van der Waals surface area (Å²) in [5.41, 5.74) is 3.52. The van der Waals surface area contributed by atoms with Crippen LogP contribution in [-0.4, -0.2) is 37.0 Å². The maximum atomic E-state index is 13.7. The molecule has 6 heteroatoms. The molecular weight excluding hydrogens is 440 g/mol. The van der Waals surface area contributed by atoms with Gasteiger partial charge in [0.05, 0.1) is 26.3 Å². The molecule has 1 atom stereocenters. The first-order chi connectivity index (χ1) is 16.8. The highest BCUT2D eigenvalue weighted by Gasteiger charge is 2.33. The molecule has 35 heavy (non-hydrogen) atoms. The Morgan fingerprint density at radius 1 is 0.914 bits per heavy atom. The third kappa shape index (κ3) is 6.63. The van der Waals surface area contributed by atoms with Crippen molar-refractivity contribution in [1.82, 2.24) is 4.90 Å². The number of hydrogen-bond donors (Lipinski definition) is 1.